The van der Waals surface area contributed by atoms with Crippen LogP contribution in [0.15, 0.2) is 48.0 Å². The molecule has 1 fully saturated rings. The first-order chi connectivity index (χ1) is 11.3. The summed E-state index contributed by atoms with van der Waals surface area (Å²) in [6, 6.07) is 6.02. The van der Waals surface area contributed by atoms with E-state index < -0.39 is 0 Å². The molecule has 1 unspecified atom stereocenters. The lowest BCUT2D eigenvalue weighted by atomic mass is 10.1. The van der Waals surface area contributed by atoms with Crippen LogP contribution in [0.1, 0.15) is 30.0 Å². The van der Waals surface area contributed by atoms with Gasteiger partial charge in [0.25, 0.3) is 0 Å². The molecule has 1 saturated heterocycles. The first-order valence-corrected chi connectivity index (χ1v) is 7.71. The maximum absolute atomic E-state index is 13.0. The van der Waals surface area contributed by atoms with Gasteiger partial charge in [-0.3, -0.25) is 9.97 Å². The summed E-state index contributed by atoms with van der Waals surface area (Å²) in [6.07, 6.45) is 6.91. The van der Waals surface area contributed by atoms with E-state index in [1.54, 1.807) is 24.5 Å². The van der Waals surface area contributed by atoms with Gasteiger partial charge in [0.1, 0.15) is 5.82 Å². The SMILES string of the molecule is ON=C(CCN1CCC(c2cnccn2)C1)c1ccc(F)cc1. The van der Waals surface area contributed by atoms with Crippen molar-refractivity contribution in [3.63, 3.8) is 0 Å². The minimum Gasteiger partial charge on any atom is -0.411 e. The van der Waals surface area contributed by atoms with Crippen LogP contribution >= 0.6 is 0 Å². The van der Waals surface area contributed by atoms with Crippen molar-refractivity contribution < 1.29 is 9.60 Å². The maximum Gasteiger partial charge on any atom is 0.123 e. The summed E-state index contributed by atoms with van der Waals surface area (Å²) >= 11 is 0. The molecule has 2 aromatic rings. The summed E-state index contributed by atoms with van der Waals surface area (Å²) in [5.74, 6) is 0.112. The van der Waals surface area contributed by atoms with Crippen molar-refractivity contribution in [3.05, 3.63) is 59.9 Å². The summed E-state index contributed by atoms with van der Waals surface area (Å²) in [4.78, 5) is 10.8. The van der Waals surface area contributed by atoms with Crippen molar-refractivity contribution in [1.29, 1.82) is 0 Å². The monoisotopic (exact) mass is 314 g/mol. The zero-order valence-corrected chi connectivity index (χ0v) is 12.8. The fourth-order valence-corrected chi connectivity index (χ4v) is 2.96. The molecule has 2 heterocycles. The second-order valence-corrected chi connectivity index (χ2v) is 5.72. The summed E-state index contributed by atoms with van der Waals surface area (Å²) in [6.45, 7) is 2.72. The average Bonchev–Trinajstić information content (AvgIpc) is 3.07. The van der Waals surface area contributed by atoms with Crippen LogP contribution in [-0.4, -0.2) is 45.4 Å². The van der Waals surface area contributed by atoms with Gasteiger partial charge in [-0.1, -0.05) is 17.3 Å². The van der Waals surface area contributed by atoms with E-state index in [4.69, 9.17) is 0 Å². The van der Waals surface area contributed by atoms with E-state index in [0.29, 0.717) is 18.1 Å². The molecule has 1 aliphatic rings. The summed E-state index contributed by atoms with van der Waals surface area (Å²) in [5, 5.41) is 12.6. The normalized spacial score (nSPS) is 19.2. The van der Waals surface area contributed by atoms with Crippen LogP contribution in [0.2, 0.25) is 0 Å². The van der Waals surface area contributed by atoms with Gasteiger partial charge in [0.2, 0.25) is 0 Å². The number of aromatic nitrogens is 2. The van der Waals surface area contributed by atoms with Gasteiger partial charge in [-0.25, -0.2) is 4.39 Å². The van der Waals surface area contributed by atoms with Crippen molar-refractivity contribution in [1.82, 2.24) is 14.9 Å². The second kappa shape index (κ2) is 7.28. The van der Waals surface area contributed by atoms with Gasteiger partial charge in [-0.15, -0.1) is 0 Å². The average molecular weight is 314 g/mol. The number of likely N-dealkylation sites (tertiary alicyclic amines) is 1. The first kappa shape index (κ1) is 15.6. The van der Waals surface area contributed by atoms with Crippen molar-refractivity contribution in [3.8, 4) is 0 Å². The Hall–Kier alpha value is -2.34. The Labute approximate surface area is 134 Å². The van der Waals surface area contributed by atoms with Crippen molar-refractivity contribution in [2.24, 2.45) is 5.16 Å². The molecule has 5 nitrogen and oxygen atoms in total. The Balaban J connectivity index is 1.55. The van der Waals surface area contributed by atoms with Crippen LogP contribution in [0.4, 0.5) is 4.39 Å². The lowest BCUT2D eigenvalue weighted by Crippen LogP contribution is -2.24. The third-order valence-corrected chi connectivity index (χ3v) is 4.24. The van der Waals surface area contributed by atoms with Crippen LogP contribution in [0.25, 0.3) is 0 Å². The van der Waals surface area contributed by atoms with Gasteiger partial charge in [0.15, 0.2) is 0 Å². The molecule has 0 saturated carbocycles. The predicted molar refractivity (Wildman–Crippen MR) is 85.2 cm³/mol. The molecule has 120 valence electrons. The summed E-state index contributed by atoms with van der Waals surface area (Å²) < 4.78 is 13.0. The molecule has 0 spiro atoms. The molecular formula is C17H19FN4O. The molecule has 1 N–H and O–H groups in total. The highest BCUT2D eigenvalue weighted by Crippen LogP contribution is 2.25. The summed E-state index contributed by atoms with van der Waals surface area (Å²) in [5.41, 5.74) is 2.36. The standard InChI is InChI=1S/C17H19FN4O/c18-15-3-1-13(2-4-15)16(21-23)6-10-22-9-5-14(12-22)17-11-19-7-8-20-17/h1-4,7-8,11,14,23H,5-6,9-10,12H2. The molecule has 1 aliphatic heterocycles. The van der Waals surface area contributed by atoms with Gasteiger partial charge in [0.05, 0.1) is 11.4 Å². The largest absolute Gasteiger partial charge is 0.411 e. The summed E-state index contributed by atoms with van der Waals surface area (Å²) in [7, 11) is 0. The molecular weight excluding hydrogens is 295 g/mol. The quantitative estimate of drug-likeness (QED) is 0.523. The fourth-order valence-electron chi connectivity index (χ4n) is 2.96. The number of hydrogen-bond donors (Lipinski definition) is 1. The predicted octanol–water partition coefficient (Wildman–Crippen LogP) is 2.67. The van der Waals surface area contributed by atoms with E-state index in [1.807, 2.05) is 6.20 Å². The molecule has 23 heavy (non-hydrogen) atoms. The van der Waals surface area contributed by atoms with Gasteiger partial charge in [-0.05, 0) is 30.7 Å². The molecule has 0 bridgehead atoms. The second-order valence-electron chi connectivity index (χ2n) is 5.72. The minimum absolute atomic E-state index is 0.294. The van der Waals surface area contributed by atoms with Crippen LogP contribution in [-0.2, 0) is 0 Å². The number of benzene rings is 1. The molecule has 0 aliphatic carbocycles. The highest BCUT2D eigenvalue weighted by atomic mass is 19.1. The third-order valence-electron chi connectivity index (χ3n) is 4.24. The number of oxime groups is 1. The number of nitrogens with zero attached hydrogens (tertiary/aromatic N) is 4. The Kier molecular flexibility index (Phi) is 4.92. The molecule has 1 aromatic carbocycles. The number of hydrogen-bond acceptors (Lipinski definition) is 5. The van der Waals surface area contributed by atoms with Crippen molar-refractivity contribution in [2.75, 3.05) is 19.6 Å². The molecule has 3 rings (SSSR count). The fraction of sp³-hybridized carbons (Fsp3) is 0.353. The van der Waals surface area contributed by atoms with Gasteiger partial charge >= 0.3 is 0 Å². The zero-order valence-electron chi connectivity index (χ0n) is 12.8. The smallest absolute Gasteiger partial charge is 0.123 e. The lowest BCUT2D eigenvalue weighted by molar-refractivity contribution is 0.312. The highest BCUT2D eigenvalue weighted by Gasteiger charge is 2.25. The molecule has 0 amide bonds. The van der Waals surface area contributed by atoms with E-state index in [2.05, 4.69) is 20.0 Å². The van der Waals surface area contributed by atoms with Crippen LogP contribution in [0, 0.1) is 5.82 Å². The Bertz CT molecular complexity index is 660. The highest BCUT2D eigenvalue weighted by molar-refractivity contribution is 6.00. The van der Waals surface area contributed by atoms with Crippen molar-refractivity contribution in [2.45, 2.75) is 18.8 Å². The van der Waals surface area contributed by atoms with Crippen LogP contribution < -0.4 is 0 Å². The van der Waals surface area contributed by atoms with Gasteiger partial charge in [0, 0.05) is 44.0 Å². The number of halogens is 1. The van der Waals surface area contributed by atoms with E-state index >= 15 is 0 Å². The van der Waals surface area contributed by atoms with E-state index in [1.165, 1.54) is 12.1 Å². The Morgan fingerprint density at radius 1 is 1.30 bits per heavy atom. The lowest BCUT2D eigenvalue weighted by Gasteiger charge is -2.16. The van der Waals surface area contributed by atoms with Crippen LogP contribution in [0.3, 0.4) is 0 Å². The topological polar surface area (TPSA) is 61.6 Å². The maximum atomic E-state index is 13.0. The zero-order chi connectivity index (χ0) is 16.1. The van der Waals surface area contributed by atoms with E-state index in [9.17, 15) is 9.60 Å². The van der Waals surface area contributed by atoms with Gasteiger partial charge < -0.3 is 10.1 Å². The number of rotatable bonds is 5. The van der Waals surface area contributed by atoms with Gasteiger partial charge in [-0.2, -0.15) is 0 Å². The Morgan fingerprint density at radius 2 is 2.13 bits per heavy atom. The Morgan fingerprint density at radius 3 is 2.83 bits per heavy atom. The molecule has 1 atom stereocenters. The van der Waals surface area contributed by atoms with E-state index in [-0.39, 0.29) is 5.82 Å². The molecule has 1 aromatic heterocycles. The van der Waals surface area contributed by atoms with Crippen LogP contribution in [0.5, 0.6) is 0 Å². The van der Waals surface area contributed by atoms with Crippen molar-refractivity contribution >= 4 is 5.71 Å². The van der Waals surface area contributed by atoms with E-state index in [0.717, 1.165) is 37.3 Å². The molecule has 0 radical (unpaired) electrons. The third kappa shape index (κ3) is 3.90. The first-order valence-electron chi connectivity index (χ1n) is 7.71. The molecule has 6 heteroatoms. The minimum atomic E-state index is -0.294.